The molecule has 0 saturated carbocycles. The predicted octanol–water partition coefficient (Wildman–Crippen LogP) is 5.55. The van der Waals surface area contributed by atoms with Crippen LogP contribution in [0.25, 0.3) is 0 Å². The first-order valence-electron chi connectivity index (χ1n) is 13.7. The van der Waals surface area contributed by atoms with Gasteiger partial charge in [0, 0.05) is 6.61 Å². The smallest absolute Gasteiger partial charge is 0.320 e. The van der Waals surface area contributed by atoms with Crippen molar-refractivity contribution in [3.8, 4) is 17.2 Å². The van der Waals surface area contributed by atoms with E-state index in [2.05, 4.69) is 92.8 Å². The molecule has 1 fully saturated rings. The van der Waals surface area contributed by atoms with E-state index in [0.717, 1.165) is 37.6 Å². The van der Waals surface area contributed by atoms with Crippen LogP contribution in [0.2, 0.25) is 5.04 Å². The van der Waals surface area contributed by atoms with Gasteiger partial charge < -0.3 is 24.0 Å². The highest BCUT2D eigenvalue weighted by molar-refractivity contribution is 7.00. The zero-order chi connectivity index (χ0) is 27.0. The summed E-state index contributed by atoms with van der Waals surface area (Å²) in [5, 5.41) is 5.69. The van der Waals surface area contributed by atoms with Crippen molar-refractivity contribution in [2.75, 3.05) is 33.9 Å². The van der Waals surface area contributed by atoms with Gasteiger partial charge in [-0.25, -0.2) is 0 Å². The standard InChI is InChI=1S/C32H43NO4Si/c1-32(2,3)38(27-12-8-6-9-13-27,28-14-10-7-11-15-28)37-30-23-26(22-29(34-4)31(30)35-5)24-36-21-18-25-16-19-33-20-17-25/h6-15,22-23,25,33H,16-21,24H2,1-5H3. The summed E-state index contributed by atoms with van der Waals surface area (Å²) in [6, 6.07) is 25.4. The first-order chi connectivity index (χ1) is 18.4. The minimum Gasteiger partial charge on any atom is -0.531 e. The molecule has 0 spiro atoms. The molecule has 1 saturated heterocycles. The lowest BCUT2D eigenvalue weighted by molar-refractivity contribution is 0.102. The fourth-order valence-electron chi connectivity index (χ4n) is 5.57. The van der Waals surface area contributed by atoms with E-state index in [1.54, 1.807) is 14.2 Å². The van der Waals surface area contributed by atoms with Crippen LogP contribution in [0.15, 0.2) is 72.8 Å². The average Bonchev–Trinajstić information content (AvgIpc) is 2.94. The largest absolute Gasteiger partial charge is 0.531 e. The van der Waals surface area contributed by atoms with Crippen molar-refractivity contribution in [3.63, 3.8) is 0 Å². The van der Waals surface area contributed by atoms with Gasteiger partial charge in [-0.2, -0.15) is 0 Å². The van der Waals surface area contributed by atoms with Crippen LogP contribution in [0.5, 0.6) is 17.2 Å². The van der Waals surface area contributed by atoms with Crippen LogP contribution in [0, 0.1) is 5.92 Å². The molecule has 0 aliphatic carbocycles. The molecule has 204 valence electrons. The molecule has 0 aromatic heterocycles. The Morgan fingerprint density at radius 2 is 1.39 bits per heavy atom. The zero-order valence-corrected chi connectivity index (χ0v) is 24.6. The number of methoxy groups -OCH3 is 2. The lowest BCUT2D eigenvalue weighted by Gasteiger charge is -2.43. The number of hydrogen-bond acceptors (Lipinski definition) is 5. The van der Waals surface area contributed by atoms with E-state index < -0.39 is 8.32 Å². The molecule has 6 heteroatoms. The molecule has 0 bridgehead atoms. The second kappa shape index (κ2) is 12.8. The van der Waals surface area contributed by atoms with Crippen LogP contribution >= 0.6 is 0 Å². The van der Waals surface area contributed by atoms with Crippen molar-refractivity contribution in [2.45, 2.75) is 51.7 Å². The lowest BCUT2D eigenvalue weighted by Crippen LogP contribution is -2.68. The van der Waals surface area contributed by atoms with Crippen molar-refractivity contribution < 1.29 is 18.6 Å². The summed E-state index contributed by atoms with van der Waals surface area (Å²) in [6.45, 7) is 10.3. The highest BCUT2D eigenvalue weighted by Crippen LogP contribution is 2.44. The van der Waals surface area contributed by atoms with Gasteiger partial charge in [-0.1, -0.05) is 81.4 Å². The van der Waals surface area contributed by atoms with Gasteiger partial charge in [0.1, 0.15) is 0 Å². The van der Waals surface area contributed by atoms with Crippen molar-refractivity contribution in [2.24, 2.45) is 5.92 Å². The quantitative estimate of drug-likeness (QED) is 0.259. The molecule has 1 aliphatic rings. The van der Waals surface area contributed by atoms with Crippen LogP contribution in [0.4, 0.5) is 0 Å². The molecular formula is C32H43NO4Si. The minimum absolute atomic E-state index is 0.171. The Kier molecular flexibility index (Phi) is 9.53. The Morgan fingerprint density at radius 1 is 0.816 bits per heavy atom. The topological polar surface area (TPSA) is 49.0 Å². The second-order valence-electron chi connectivity index (χ2n) is 11.1. The first kappa shape index (κ1) is 28.2. The van der Waals surface area contributed by atoms with E-state index in [0.29, 0.717) is 23.9 Å². The minimum atomic E-state index is -2.84. The van der Waals surface area contributed by atoms with Crippen LogP contribution in [-0.2, 0) is 11.3 Å². The van der Waals surface area contributed by atoms with Gasteiger partial charge in [0.25, 0.3) is 0 Å². The highest BCUT2D eigenvalue weighted by atomic mass is 28.4. The van der Waals surface area contributed by atoms with Gasteiger partial charge >= 0.3 is 8.32 Å². The maximum absolute atomic E-state index is 7.32. The van der Waals surface area contributed by atoms with Crippen molar-refractivity contribution in [1.82, 2.24) is 5.32 Å². The van der Waals surface area contributed by atoms with Crippen LogP contribution in [0.1, 0.15) is 45.6 Å². The first-order valence-corrected chi connectivity index (χ1v) is 15.6. The molecule has 3 aromatic carbocycles. The molecule has 0 atom stereocenters. The number of benzene rings is 3. The van der Waals surface area contributed by atoms with Crippen LogP contribution < -0.4 is 29.6 Å². The SMILES string of the molecule is COc1cc(COCCC2CCNCC2)cc(O[Si](c2ccccc2)(c2ccccc2)C(C)(C)C)c1OC. The summed E-state index contributed by atoms with van der Waals surface area (Å²) >= 11 is 0. The number of nitrogens with one attached hydrogen (secondary N) is 1. The summed E-state index contributed by atoms with van der Waals surface area (Å²) in [5.74, 6) is 2.70. The lowest BCUT2D eigenvalue weighted by atomic mass is 9.95. The molecule has 0 radical (unpaired) electrons. The molecule has 5 nitrogen and oxygen atoms in total. The Labute approximate surface area is 229 Å². The maximum atomic E-state index is 7.32. The van der Waals surface area contributed by atoms with E-state index in [-0.39, 0.29) is 5.04 Å². The molecule has 4 rings (SSSR count). The zero-order valence-electron chi connectivity index (χ0n) is 23.6. The molecule has 1 heterocycles. The van der Waals surface area contributed by atoms with E-state index >= 15 is 0 Å². The second-order valence-corrected chi connectivity index (χ2v) is 15.4. The monoisotopic (exact) mass is 533 g/mol. The Morgan fingerprint density at radius 3 is 1.92 bits per heavy atom. The maximum Gasteiger partial charge on any atom is 0.320 e. The summed E-state index contributed by atoms with van der Waals surface area (Å²) in [6.07, 6.45) is 3.56. The fraction of sp³-hybridized carbons (Fsp3) is 0.438. The molecule has 0 unspecified atom stereocenters. The molecule has 3 aromatic rings. The van der Waals surface area contributed by atoms with Crippen molar-refractivity contribution in [3.05, 3.63) is 78.4 Å². The van der Waals surface area contributed by atoms with Gasteiger partial charge in [0.05, 0.1) is 20.8 Å². The van der Waals surface area contributed by atoms with Gasteiger partial charge in [0.15, 0.2) is 11.5 Å². The summed E-state index contributed by atoms with van der Waals surface area (Å²) in [7, 11) is 0.505. The third kappa shape index (κ3) is 6.25. The van der Waals surface area contributed by atoms with Gasteiger partial charge in [-0.15, -0.1) is 0 Å². The summed E-state index contributed by atoms with van der Waals surface area (Å²) in [5.41, 5.74) is 1.01. The van der Waals surface area contributed by atoms with Crippen molar-refractivity contribution >= 4 is 18.7 Å². The third-order valence-electron chi connectivity index (χ3n) is 7.58. The summed E-state index contributed by atoms with van der Waals surface area (Å²) < 4.78 is 25.1. The van der Waals surface area contributed by atoms with E-state index in [1.807, 2.05) is 6.07 Å². The Hall–Kier alpha value is -2.80. The Bertz CT molecular complexity index is 1100. The summed E-state index contributed by atoms with van der Waals surface area (Å²) in [4.78, 5) is 0. The van der Waals surface area contributed by atoms with E-state index in [4.69, 9.17) is 18.6 Å². The fourth-order valence-corrected chi connectivity index (χ4v) is 9.98. The molecule has 0 amide bonds. The van der Waals surface area contributed by atoms with Gasteiger partial charge in [-0.05, 0) is 71.4 Å². The van der Waals surface area contributed by atoms with E-state index in [9.17, 15) is 0 Å². The average molecular weight is 534 g/mol. The van der Waals surface area contributed by atoms with E-state index in [1.165, 1.54) is 23.2 Å². The highest BCUT2D eigenvalue weighted by Gasteiger charge is 2.52. The molecule has 1 N–H and O–H groups in total. The van der Waals surface area contributed by atoms with Gasteiger partial charge in [-0.3, -0.25) is 0 Å². The third-order valence-corrected chi connectivity index (χ3v) is 12.5. The molecule has 38 heavy (non-hydrogen) atoms. The van der Waals surface area contributed by atoms with Crippen LogP contribution in [0.3, 0.4) is 0 Å². The number of rotatable bonds is 11. The van der Waals surface area contributed by atoms with Crippen molar-refractivity contribution in [1.29, 1.82) is 0 Å². The molecule has 1 aliphatic heterocycles. The van der Waals surface area contributed by atoms with Gasteiger partial charge in [0.2, 0.25) is 5.75 Å². The number of piperidine rings is 1. The Balaban J connectivity index is 1.70. The predicted molar refractivity (Wildman–Crippen MR) is 158 cm³/mol. The molecular weight excluding hydrogens is 490 g/mol. The van der Waals surface area contributed by atoms with Crippen LogP contribution in [-0.4, -0.2) is 42.2 Å². The number of ether oxygens (including phenoxy) is 3. The normalized spacial score (nSPS) is 14.8. The number of hydrogen-bond donors (Lipinski definition) is 1.